The summed E-state index contributed by atoms with van der Waals surface area (Å²) < 4.78 is 101. The van der Waals surface area contributed by atoms with E-state index in [-0.39, 0.29) is 6.20 Å². The Morgan fingerprint density at radius 2 is 1.63 bits per heavy atom. The van der Waals surface area contributed by atoms with Gasteiger partial charge in [0.15, 0.2) is 5.75 Å². The molecule has 1 rings (SSSR count). The molecular weight excluding hydrogens is 292 g/mol. The van der Waals surface area contributed by atoms with Crippen LogP contribution in [0, 0.1) is 0 Å². The number of nitrogens with two attached hydrogens (primary N) is 1. The Hall–Kier alpha value is -1.81. The number of nitrogens with zero attached hydrogens (tertiary/aromatic N) is 1. The predicted molar refractivity (Wildman–Crippen MR) is 45.3 cm³/mol. The van der Waals surface area contributed by atoms with E-state index in [2.05, 4.69) is 9.72 Å². The molecule has 0 bridgehead atoms. The number of halogens is 8. The van der Waals surface area contributed by atoms with Gasteiger partial charge in [0.1, 0.15) is 11.4 Å². The van der Waals surface area contributed by atoms with Crippen LogP contribution in [0.1, 0.15) is 17.6 Å². The van der Waals surface area contributed by atoms with Crippen LogP contribution in [0.2, 0.25) is 0 Å². The monoisotopic (exact) mass is 296 g/mol. The highest BCUT2D eigenvalue weighted by Gasteiger charge is 2.44. The minimum absolute atomic E-state index is 0.0163. The molecule has 0 saturated heterocycles. The Labute approximate surface area is 99.5 Å². The number of rotatable bonds is 2. The van der Waals surface area contributed by atoms with Crippen LogP contribution in [0.3, 0.4) is 0 Å². The molecule has 3 nitrogen and oxygen atoms in total. The molecule has 0 radical (unpaired) electrons. The molecule has 0 aliphatic rings. The molecule has 0 aromatic carbocycles. The van der Waals surface area contributed by atoms with Crippen LogP contribution >= 0.6 is 0 Å². The molecule has 11 heteroatoms. The lowest BCUT2D eigenvalue weighted by Gasteiger charge is -2.18. The number of nitrogen functional groups attached to an aromatic ring is 1. The van der Waals surface area contributed by atoms with Gasteiger partial charge in [0.05, 0.1) is 11.8 Å². The highest BCUT2D eigenvalue weighted by Crippen LogP contribution is 2.44. The third kappa shape index (κ3) is 3.58. The Kier molecular flexibility index (Phi) is 3.77. The fraction of sp³-hybridized carbons (Fsp3) is 0.375. The van der Waals surface area contributed by atoms with E-state index < -0.39 is 41.7 Å². The molecule has 108 valence electrons. The molecule has 0 aliphatic heterocycles. The summed E-state index contributed by atoms with van der Waals surface area (Å²) in [7, 11) is 0. The SMILES string of the molecule is Nc1ncc(OC(F)(F)F)c(C(F)(F)F)c1C(F)F. The fourth-order valence-electron chi connectivity index (χ4n) is 1.24. The summed E-state index contributed by atoms with van der Waals surface area (Å²) in [5.41, 5.74) is 0.672. The number of anilines is 1. The highest BCUT2D eigenvalue weighted by atomic mass is 19.4. The zero-order chi connectivity index (χ0) is 15.0. The molecule has 0 aliphatic carbocycles. The number of hydrogen-bond donors (Lipinski definition) is 1. The van der Waals surface area contributed by atoms with Gasteiger partial charge >= 0.3 is 12.5 Å². The maximum absolute atomic E-state index is 12.6. The molecule has 0 spiro atoms. The number of pyridine rings is 1. The fourth-order valence-corrected chi connectivity index (χ4v) is 1.24. The molecule has 0 fully saturated rings. The first-order valence-electron chi connectivity index (χ1n) is 4.33. The zero-order valence-electron chi connectivity index (χ0n) is 8.61. The molecule has 0 unspecified atom stereocenters. The van der Waals surface area contributed by atoms with Crippen LogP contribution in [-0.2, 0) is 6.18 Å². The summed E-state index contributed by atoms with van der Waals surface area (Å²) in [5, 5.41) is 0. The molecule has 1 aromatic rings. The van der Waals surface area contributed by atoms with Gasteiger partial charge in [-0.15, -0.1) is 13.2 Å². The van der Waals surface area contributed by atoms with E-state index in [9.17, 15) is 35.1 Å². The second-order valence-corrected chi connectivity index (χ2v) is 3.14. The van der Waals surface area contributed by atoms with Gasteiger partial charge in [-0.3, -0.25) is 0 Å². The molecule has 2 N–H and O–H groups in total. The summed E-state index contributed by atoms with van der Waals surface area (Å²) in [4.78, 5) is 2.83. The predicted octanol–water partition coefficient (Wildman–Crippen LogP) is 3.52. The number of aromatic nitrogens is 1. The van der Waals surface area contributed by atoms with Crippen LogP contribution in [0.15, 0.2) is 6.20 Å². The van der Waals surface area contributed by atoms with E-state index >= 15 is 0 Å². The van der Waals surface area contributed by atoms with Crippen molar-refractivity contribution in [3.8, 4) is 5.75 Å². The van der Waals surface area contributed by atoms with Crippen molar-refractivity contribution in [3.05, 3.63) is 17.3 Å². The van der Waals surface area contributed by atoms with Gasteiger partial charge in [0.25, 0.3) is 6.43 Å². The van der Waals surface area contributed by atoms with Crippen LogP contribution in [0.5, 0.6) is 5.75 Å². The van der Waals surface area contributed by atoms with Crippen molar-refractivity contribution in [2.75, 3.05) is 5.73 Å². The van der Waals surface area contributed by atoms with E-state index in [1.165, 1.54) is 0 Å². The zero-order valence-corrected chi connectivity index (χ0v) is 8.61. The first-order chi connectivity index (χ1) is 8.43. The Morgan fingerprint density at radius 3 is 2.00 bits per heavy atom. The first kappa shape index (κ1) is 15.2. The van der Waals surface area contributed by atoms with Crippen LogP contribution in [-0.4, -0.2) is 11.3 Å². The third-order valence-corrected chi connectivity index (χ3v) is 1.84. The second-order valence-electron chi connectivity index (χ2n) is 3.14. The lowest BCUT2D eigenvalue weighted by molar-refractivity contribution is -0.276. The van der Waals surface area contributed by atoms with Gasteiger partial charge < -0.3 is 10.5 Å². The minimum atomic E-state index is -5.51. The van der Waals surface area contributed by atoms with Gasteiger partial charge in [-0.2, -0.15) is 13.2 Å². The van der Waals surface area contributed by atoms with Crippen molar-refractivity contribution in [1.29, 1.82) is 0 Å². The van der Waals surface area contributed by atoms with Crippen molar-refractivity contribution in [3.63, 3.8) is 0 Å². The standard InChI is InChI=1S/C8H4F8N2O/c9-5(10)3-4(7(11,12)13)2(1-18-6(3)17)19-8(14,15)16/h1,5H,(H2,17,18). The Bertz CT molecular complexity index is 467. The van der Waals surface area contributed by atoms with Gasteiger partial charge in [-0.05, 0) is 0 Å². The number of ether oxygens (including phenoxy) is 1. The number of alkyl halides is 8. The molecule has 0 saturated carbocycles. The Morgan fingerprint density at radius 1 is 1.11 bits per heavy atom. The first-order valence-corrected chi connectivity index (χ1v) is 4.33. The molecule has 1 aromatic heterocycles. The average Bonchev–Trinajstić information content (AvgIpc) is 2.15. The molecule has 19 heavy (non-hydrogen) atoms. The summed E-state index contributed by atoms with van der Waals surface area (Å²) in [5.74, 6) is -3.11. The largest absolute Gasteiger partial charge is 0.573 e. The van der Waals surface area contributed by atoms with Gasteiger partial charge in [0.2, 0.25) is 0 Å². The summed E-state index contributed by atoms with van der Waals surface area (Å²) in [6.07, 6.45) is -14.8. The van der Waals surface area contributed by atoms with Gasteiger partial charge in [0, 0.05) is 0 Å². The number of hydrogen-bond acceptors (Lipinski definition) is 3. The van der Waals surface area contributed by atoms with Gasteiger partial charge in [-0.1, -0.05) is 0 Å². The van der Waals surface area contributed by atoms with Crippen LogP contribution in [0.4, 0.5) is 40.9 Å². The average molecular weight is 296 g/mol. The maximum atomic E-state index is 12.6. The van der Waals surface area contributed by atoms with Crippen LogP contribution in [0.25, 0.3) is 0 Å². The molecule has 1 heterocycles. The second kappa shape index (κ2) is 4.70. The summed E-state index contributed by atoms with van der Waals surface area (Å²) >= 11 is 0. The lowest BCUT2D eigenvalue weighted by atomic mass is 10.1. The maximum Gasteiger partial charge on any atom is 0.573 e. The van der Waals surface area contributed by atoms with E-state index in [0.29, 0.717) is 0 Å². The smallest absolute Gasteiger partial charge is 0.403 e. The van der Waals surface area contributed by atoms with E-state index in [4.69, 9.17) is 5.73 Å². The quantitative estimate of drug-likeness (QED) is 0.849. The van der Waals surface area contributed by atoms with E-state index in [1.807, 2.05) is 0 Å². The summed E-state index contributed by atoms with van der Waals surface area (Å²) in [6.45, 7) is 0. The third-order valence-electron chi connectivity index (χ3n) is 1.84. The molecular formula is C8H4F8N2O. The lowest BCUT2D eigenvalue weighted by Crippen LogP contribution is -2.22. The van der Waals surface area contributed by atoms with Crippen LogP contribution < -0.4 is 10.5 Å². The van der Waals surface area contributed by atoms with Crippen molar-refractivity contribution in [2.24, 2.45) is 0 Å². The normalized spacial score (nSPS) is 12.9. The Balaban J connectivity index is 3.53. The molecule has 0 atom stereocenters. The highest BCUT2D eigenvalue weighted by molar-refractivity contribution is 5.52. The minimum Gasteiger partial charge on any atom is -0.403 e. The topological polar surface area (TPSA) is 48.1 Å². The summed E-state index contributed by atoms with van der Waals surface area (Å²) in [6, 6.07) is 0. The van der Waals surface area contributed by atoms with Crippen molar-refractivity contribution < 1.29 is 39.9 Å². The van der Waals surface area contributed by atoms with Crippen molar-refractivity contribution in [2.45, 2.75) is 19.0 Å². The van der Waals surface area contributed by atoms with E-state index in [0.717, 1.165) is 0 Å². The van der Waals surface area contributed by atoms with Crippen molar-refractivity contribution >= 4 is 5.82 Å². The van der Waals surface area contributed by atoms with Gasteiger partial charge in [-0.25, -0.2) is 13.8 Å². The van der Waals surface area contributed by atoms with E-state index in [1.54, 1.807) is 0 Å². The van der Waals surface area contributed by atoms with Crippen molar-refractivity contribution in [1.82, 2.24) is 4.98 Å². The molecule has 0 amide bonds.